The van der Waals surface area contributed by atoms with Crippen molar-refractivity contribution in [2.24, 2.45) is 10.4 Å². The lowest BCUT2D eigenvalue weighted by Gasteiger charge is -2.35. The molecule has 0 spiro atoms. The number of nitrogens with one attached hydrogen (secondary N) is 2. The number of rotatable bonds is 5. The summed E-state index contributed by atoms with van der Waals surface area (Å²) in [6.07, 6.45) is 7.76. The van der Waals surface area contributed by atoms with Crippen LogP contribution in [0.25, 0.3) is 5.65 Å². The first kappa shape index (κ1) is 17.7. The lowest BCUT2D eigenvalue weighted by Crippen LogP contribution is -2.45. The van der Waals surface area contributed by atoms with E-state index < -0.39 is 0 Å². The Morgan fingerprint density at radius 3 is 2.84 bits per heavy atom. The predicted molar refractivity (Wildman–Crippen MR) is 102 cm³/mol. The standard InChI is InChI=1S/C19H30N6/c1-4-20-18(22-15-8-11-19(2,3)12-9-15)21-13-10-17-24-23-16-7-5-6-14-25(16)17/h5-7,14-15H,4,8-13H2,1-3H3,(H2,20,21,22). The van der Waals surface area contributed by atoms with Gasteiger partial charge in [0.05, 0.1) is 0 Å². The molecular weight excluding hydrogens is 312 g/mol. The molecule has 2 heterocycles. The van der Waals surface area contributed by atoms with E-state index in [4.69, 9.17) is 4.99 Å². The molecule has 0 unspecified atom stereocenters. The van der Waals surface area contributed by atoms with Gasteiger partial charge in [-0.25, -0.2) is 0 Å². The fraction of sp³-hybridized carbons (Fsp3) is 0.632. The zero-order valence-corrected chi connectivity index (χ0v) is 15.6. The Kier molecular flexibility index (Phi) is 5.56. The van der Waals surface area contributed by atoms with Crippen LogP contribution in [0.5, 0.6) is 0 Å². The van der Waals surface area contributed by atoms with E-state index in [0.717, 1.165) is 30.4 Å². The maximum Gasteiger partial charge on any atom is 0.191 e. The van der Waals surface area contributed by atoms with Gasteiger partial charge < -0.3 is 10.6 Å². The molecule has 6 heteroatoms. The molecule has 1 aliphatic rings. The van der Waals surface area contributed by atoms with Gasteiger partial charge in [-0.2, -0.15) is 0 Å². The Hall–Kier alpha value is -2.11. The van der Waals surface area contributed by atoms with E-state index in [1.54, 1.807) is 0 Å². The number of hydrogen-bond acceptors (Lipinski definition) is 3. The number of aliphatic imine (C=N–C) groups is 1. The van der Waals surface area contributed by atoms with Crippen LogP contribution in [0.3, 0.4) is 0 Å². The third-order valence-corrected chi connectivity index (χ3v) is 5.01. The average molecular weight is 342 g/mol. The van der Waals surface area contributed by atoms with Crippen molar-refractivity contribution in [1.29, 1.82) is 0 Å². The van der Waals surface area contributed by atoms with Crippen molar-refractivity contribution in [2.75, 3.05) is 13.1 Å². The summed E-state index contributed by atoms with van der Waals surface area (Å²) in [7, 11) is 0. The molecule has 6 nitrogen and oxygen atoms in total. The molecule has 2 aromatic heterocycles. The molecule has 1 aliphatic carbocycles. The van der Waals surface area contributed by atoms with Crippen LogP contribution in [-0.2, 0) is 6.42 Å². The zero-order valence-electron chi connectivity index (χ0n) is 15.6. The summed E-state index contributed by atoms with van der Waals surface area (Å²) in [6.45, 7) is 8.41. The fourth-order valence-corrected chi connectivity index (χ4v) is 3.39. The molecule has 1 saturated carbocycles. The van der Waals surface area contributed by atoms with Gasteiger partial charge in [-0.15, -0.1) is 10.2 Å². The summed E-state index contributed by atoms with van der Waals surface area (Å²) < 4.78 is 2.03. The lowest BCUT2D eigenvalue weighted by atomic mass is 9.75. The van der Waals surface area contributed by atoms with Crippen LogP contribution < -0.4 is 10.6 Å². The third kappa shape index (κ3) is 4.71. The molecule has 3 rings (SSSR count). The number of hydrogen-bond donors (Lipinski definition) is 2. The minimum absolute atomic E-state index is 0.488. The van der Waals surface area contributed by atoms with Crippen molar-refractivity contribution >= 4 is 11.6 Å². The molecule has 136 valence electrons. The van der Waals surface area contributed by atoms with Gasteiger partial charge in [-0.1, -0.05) is 19.9 Å². The van der Waals surface area contributed by atoms with Gasteiger partial charge in [0.15, 0.2) is 11.6 Å². The molecule has 0 atom stereocenters. The SMILES string of the molecule is CCNC(=NCCc1nnc2ccccn12)NC1CCC(C)(C)CC1. The van der Waals surface area contributed by atoms with Crippen LogP contribution >= 0.6 is 0 Å². The first-order valence-corrected chi connectivity index (χ1v) is 9.41. The van der Waals surface area contributed by atoms with Crippen LogP contribution in [0, 0.1) is 5.41 Å². The number of nitrogens with zero attached hydrogens (tertiary/aromatic N) is 4. The Labute approximate surface area is 150 Å². The number of guanidine groups is 1. The number of fused-ring (bicyclic) bond motifs is 1. The third-order valence-electron chi connectivity index (χ3n) is 5.01. The van der Waals surface area contributed by atoms with E-state index in [2.05, 4.69) is 41.6 Å². The molecule has 2 N–H and O–H groups in total. The maximum absolute atomic E-state index is 4.74. The maximum atomic E-state index is 4.74. The summed E-state index contributed by atoms with van der Waals surface area (Å²) in [4.78, 5) is 4.74. The summed E-state index contributed by atoms with van der Waals surface area (Å²) in [5.74, 6) is 1.87. The van der Waals surface area contributed by atoms with Gasteiger partial charge in [0, 0.05) is 31.7 Å². The fourth-order valence-electron chi connectivity index (χ4n) is 3.39. The van der Waals surface area contributed by atoms with Gasteiger partial charge in [0.1, 0.15) is 5.82 Å². The monoisotopic (exact) mass is 342 g/mol. The van der Waals surface area contributed by atoms with E-state index in [0.29, 0.717) is 18.0 Å². The van der Waals surface area contributed by atoms with E-state index in [-0.39, 0.29) is 0 Å². The second kappa shape index (κ2) is 7.85. The smallest absolute Gasteiger partial charge is 0.191 e. The highest BCUT2D eigenvalue weighted by atomic mass is 15.2. The Morgan fingerprint density at radius 2 is 2.08 bits per heavy atom. The summed E-state index contributed by atoms with van der Waals surface area (Å²) in [5, 5.41) is 15.4. The van der Waals surface area contributed by atoms with Crippen LogP contribution in [0.4, 0.5) is 0 Å². The Bertz CT molecular complexity index is 708. The molecule has 25 heavy (non-hydrogen) atoms. The van der Waals surface area contributed by atoms with Gasteiger partial charge in [0.25, 0.3) is 0 Å². The largest absolute Gasteiger partial charge is 0.357 e. The molecule has 2 aromatic rings. The van der Waals surface area contributed by atoms with E-state index in [1.807, 2.05) is 28.8 Å². The lowest BCUT2D eigenvalue weighted by molar-refractivity contribution is 0.216. The summed E-state index contributed by atoms with van der Waals surface area (Å²) in [5.41, 5.74) is 1.37. The van der Waals surface area contributed by atoms with Crippen molar-refractivity contribution in [1.82, 2.24) is 25.2 Å². The molecule has 0 radical (unpaired) electrons. The predicted octanol–water partition coefficient (Wildman–Crippen LogP) is 2.80. The van der Waals surface area contributed by atoms with Gasteiger partial charge >= 0.3 is 0 Å². The summed E-state index contributed by atoms with van der Waals surface area (Å²) >= 11 is 0. The first-order valence-electron chi connectivity index (χ1n) is 9.41. The van der Waals surface area contributed by atoms with Crippen LogP contribution in [-0.4, -0.2) is 39.7 Å². The molecule has 0 aromatic carbocycles. The summed E-state index contributed by atoms with van der Waals surface area (Å²) in [6, 6.07) is 6.47. The van der Waals surface area contributed by atoms with Gasteiger partial charge in [-0.3, -0.25) is 9.39 Å². The van der Waals surface area contributed by atoms with Crippen molar-refractivity contribution in [3.63, 3.8) is 0 Å². The highest BCUT2D eigenvalue weighted by Crippen LogP contribution is 2.34. The first-order chi connectivity index (χ1) is 12.1. The Morgan fingerprint density at radius 1 is 1.28 bits per heavy atom. The highest BCUT2D eigenvalue weighted by molar-refractivity contribution is 5.80. The van der Waals surface area contributed by atoms with Gasteiger partial charge in [-0.05, 0) is 50.2 Å². The molecular formula is C19H30N6. The van der Waals surface area contributed by atoms with Crippen molar-refractivity contribution in [3.8, 4) is 0 Å². The molecule has 0 aliphatic heterocycles. The minimum Gasteiger partial charge on any atom is -0.357 e. The quantitative estimate of drug-likeness (QED) is 0.648. The van der Waals surface area contributed by atoms with Crippen molar-refractivity contribution < 1.29 is 0 Å². The number of pyridine rings is 1. The topological polar surface area (TPSA) is 66.6 Å². The molecule has 1 fully saturated rings. The Balaban J connectivity index is 1.57. The zero-order chi connectivity index (χ0) is 17.7. The van der Waals surface area contributed by atoms with Gasteiger partial charge in [0.2, 0.25) is 0 Å². The van der Waals surface area contributed by atoms with E-state index in [1.165, 1.54) is 25.7 Å². The van der Waals surface area contributed by atoms with Crippen LogP contribution in [0.15, 0.2) is 29.4 Å². The van der Waals surface area contributed by atoms with Crippen molar-refractivity contribution in [2.45, 2.75) is 58.9 Å². The van der Waals surface area contributed by atoms with E-state index in [9.17, 15) is 0 Å². The molecule has 0 bridgehead atoms. The normalized spacial score (nSPS) is 18.4. The van der Waals surface area contributed by atoms with Crippen LogP contribution in [0.1, 0.15) is 52.3 Å². The average Bonchev–Trinajstić information content (AvgIpc) is 3.00. The number of aromatic nitrogens is 3. The second-order valence-electron chi connectivity index (χ2n) is 7.64. The van der Waals surface area contributed by atoms with Crippen LogP contribution in [0.2, 0.25) is 0 Å². The van der Waals surface area contributed by atoms with E-state index >= 15 is 0 Å². The molecule has 0 amide bonds. The minimum atomic E-state index is 0.488. The molecule has 0 saturated heterocycles. The van der Waals surface area contributed by atoms with Crippen molar-refractivity contribution in [3.05, 3.63) is 30.2 Å². The highest BCUT2D eigenvalue weighted by Gasteiger charge is 2.27. The second-order valence-corrected chi connectivity index (χ2v) is 7.64.